The van der Waals surface area contributed by atoms with E-state index in [1.165, 1.54) is 0 Å². The third-order valence-corrected chi connectivity index (χ3v) is 7.37. The van der Waals surface area contributed by atoms with Crippen LogP contribution in [0.15, 0.2) is 47.3 Å². The van der Waals surface area contributed by atoms with Gasteiger partial charge in [0.15, 0.2) is 5.82 Å². The molecule has 4 aromatic rings. The number of nitrogens with one attached hydrogen (secondary N) is 1. The zero-order chi connectivity index (χ0) is 27.0. The number of rotatable bonds is 7. The lowest BCUT2D eigenvalue weighted by Gasteiger charge is -2.34. The largest absolute Gasteiger partial charge is 0.377 e. The molecule has 5 rings (SSSR count). The van der Waals surface area contributed by atoms with Crippen LogP contribution in [0.2, 0.25) is 5.02 Å². The lowest BCUT2D eigenvalue weighted by Crippen LogP contribution is -2.40. The van der Waals surface area contributed by atoms with E-state index in [2.05, 4.69) is 65.2 Å². The Hall–Kier alpha value is -3.07. The van der Waals surface area contributed by atoms with E-state index in [0.717, 1.165) is 47.0 Å². The molecule has 2 atom stereocenters. The number of tetrazole rings is 1. The molecule has 0 amide bonds. The Balaban J connectivity index is 1.71. The van der Waals surface area contributed by atoms with Crippen molar-refractivity contribution in [3.05, 3.63) is 85.9 Å². The number of benzene rings is 2. The Kier molecular flexibility index (Phi) is 7.40. The molecule has 1 aliphatic rings. The summed E-state index contributed by atoms with van der Waals surface area (Å²) in [6.45, 7) is 12.2. The first-order valence-electron chi connectivity index (χ1n) is 13.1. The van der Waals surface area contributed by atoms with Crippen molar-refractivity contribution >= 4 is 22.5 Å². The minimum Gasteiger partial charge on any atom is -0.377 e. The molecule has 0 aliphatic carbocycles. The highest BCUT2D eigenvalue weighted by atomic mass is 35.5. The Morgan fingerprint density at radius 2 is 1.95 bits per heavy atom. The first-order valence-corrected chi connectivity index (χ1v) is 13.5. The summed E-state index contributed by atoms with van der Waals surface area (Å²) in [4.78, 5) is 19.2. The molecular formula is C29H35ClN6O2. The van der Waals surface area contributed by atoms with Crippen molar-refractivity contribution in [1.82, 2.24) is 30.1 Å². The molecule has 0 radical (unpaired) electrons. The fraction of sp³-hybridized carbons (Fsp3) is 0.448. The minimum absolute atomic E-state index is 0.0628. The van der Waals surface area contributed by atoms with Gasteiger partial charge in [0, 0.05) is 30.3 Å². The van der Waals surface area contributed by atoms with Crippen molar-refractivity contribution in [2.75, 3.05) is 13.2 Å². The molecule has 0 bridgehead atoms. The standard InChI is InChI=1S/C29H35ClN6O2/c1-18-13-19(2)25-21(14-18)15-24(28(37)31-25)26(27-32-33-34-36(27)29(3,4)5)35(17-23-7-6-12-38-23)16-20-8-10-22(30)11-9-20/h8-11,13-15,23,26H,6-7,12,16-17H2,1-5H3,(H,31,37)/t23-,26+/m1/s1. The molecule has 0 spiro atoms. The van der Waals surface area contributed by atoms with E-state index in [9.17, 15) is 4.79 Å². The molecule has 2 aromatic carbocycles. The number of halogens is 1. The lowest BCUT2D eigenvalue weighted by atomic mass is 9.98. The number of nitrogens with zero attached hydrogens (tertiary/aromatic N) is 5. The lowest BCUT2D eigenvalue weighted by molar-refractivity contribution is 0.0564. The van der Waals surface area contributed by atoms with Crippen LogP contribution in [0.3, 0.4) is 0 Å². The summed E-state index contributed by atoms with van der Waals surface area (Å²) in [7, 11) is 0. The molecule has 0 saturated carbocycles. The van der Waals surface area contributed by atoms with Gasteiger partial charge in [0.25, 0.3) is 5.56 Å². The second-order valence-electron chi connectivity index (χ2n) is 11.3. The Morgan fingerprint density at radius 3 is 2.63 bits per heavy atom. The molecule has 1 saturated heterocycles. The summed E-state index contributed by atoms with van der Waals surface area (Å²) in [6.07, 6.45) is 2.06. The van der Waals surface area contributed by atoms with Gasteiger partial charge in [-0.25, -0.2) is 4.68 Å². The van der Waals surface area contributed by atoms with Crippen LogP contribution in [0, 0.1) is 13.8 Å². The minimum atomic E-state index is -0.502. The molecule has 0 unspecified atom stereocenters. The number of pyridine rings is 1. The van der Waals surface area contributed by atoms with Gasteiger partial charge in [-0.05, 0) is 98.7 Å². The average Bonchev–Trinajstić information content (AvgIpc) is 3.54. The number of hydrogen-bond acceptors (Lipinski definition) is 6. The van der Waals surface area contributed by atoms with Crippen LogP contribution in [0.5, 0.6) is 0 Å². The molecule has 1 fully saturated rings. The molecule has 8 nitrogen and oxygen atoms in total. The zero-order valence-corrected chi connectivity index (χ0v) is 23.4. The van der Waals surface area contributed by atoms with Gasteiger partial charge in [0.2, 0.25) is 0 Å². The van der Waals surface area contributed by atoms with Crippen LogP contribution < -0.4 is 5.56 Å². The van der Waals surface area contributed by atoms with Gasteiger partial charge in [-0.15, -0.1) is 5.10 Å². The summed E-state index contributed by atoms with van der Waals surface area (Å²) in [6, 6.07) is 13.5. The predicted molar refractivity (Wildman–Crippen MR) is 150 cm³/mol. The number of fused-ring (bicyclic) bond motifs is 1. The fourth-order valence-corrected chi connectivity index (χ4v) is 5.51. The number of aromatic amines is 1. The van der Waals surface area contributed by atoms with Crippen molar-refractivity contribution in [2.45, 2.75) is 71.7 Å². The SMILES string of the molecule is Cc1cc(C)c2[nH]c(=O)c([C@@H](c3nnnn3C(C)(C)C)N(Cc3ccc(Cl)cc3)C[C@H]3CCCO3)cc2c1. The highest BCUT2D eigenvalue weighted by Crippen LogP contribution is 2.32. The quantitative estimate of drug-likeness (QED) is 0.345. The van der Waals surface area contributed by atoms with E-state index in [4.69, 9.17) is 16.3 Å². The molecule has 1 N–H and O–H groups in total. The highest BCUT2D eigenvalue weighted by Gasteiger charge is 2.35. The van der Waals surface area contributed by atoms with Gasteiger partial charge in [0.05, 0.1) is 17.2 Å². The summed E-state index contributed by atoms with van der Waals surface area (Å²) in [5, 5.41) is 14.6. The van der Waals surface area contributed by atoms with E-state index in [-0.39, 0.29) is 17.2 Å². The van der Waals surface area contributed by atoms with Crippen molar-refractivity contribution in [2.24, 2.45) is 0 Å². The van der Waals surface area contributed by atoms with Crippen molar-refractivity contribution in [1.29, 1.82) is 0 Å². The Morgan fingerprint density at radius 1 is 1.18 bits per heavy atom. The summed E-state index contributed by atoms with van der Waals surface area (Å²) >= 11 is 6.19. The maximum atomic E-state index is 13.8. The molecule has 9 heteroatoms. The van der Waals surface area contributed by atoms with Gasteiger partial charge >= 0.3 is 0 Å². The maximum Gasteiger partial charge on any atom is 0.253 e. The first-order chi connectivity index (χ1) is 18.1. The molecule has 38 heavy (non-hydrogen) atoms. The summed E-state index contributed by atoms with van der Waals surface area (Å²) in [5.41, 5.74) is 4.18. The Labute approximate surface area is 228 Å². The van der Waals surface area contributed by atoms with Crippen LogP contribution in [-0.4, -0.2) is 49.3 Å². The van der Waals surface area contributed by atoms with Crippen LogP contribution >= 0.6 is 11.6 Å². The number of ether oxygens (including phenoxy) is 1. The van der Waals surface area contributed by atoms with Gasteiger partial charge in [-0.3, -0.25) is 9.69 Å². The number of hydrogen-bond donors (Lipinski definition) is 1. The second kappa shape index (κ2) is 10.6. The number of aryl methyl sites for hydroxylation is 2. The molecule has 2 aromatic heterocycles. The van der Waals surface area contributed by atoms with Gasteiger partial charge in [-0.2, -0.15) is 0 Å². The van der Waals surface area contributed by atoms with Crippen LogP contribution in [-0.2, 0) is 16.8 Å². The summed E-state index contributed by atoms with van der Waals surface area (Å²) in [5.74, 6) is 0.624. The summed E-state index contributed by atoms with van der Waals surface area (Å²) < 4.78 is 7.89. The third-order valence-electron chi connectivity index (χ3n) is 7.12. The van der Waals surface area contributed by atoms with Crippen LogP contribution in [0.25, 0.3) is 10.9 Å². The molecule has 1 aliphatic heterocycles. The molecule has 200 valence electrons. The smallest absolute Gasteiger partial charge is 0.253 e. The van der Waals surface area contributed by atoms with Crippen molar-refractivity contribution in [3.63, 3.8) is 0 Å². The zero-order valence-electron chi connectivity index (χ0n) is 22.7. The van der Waals surface area contributed by atoms with E-state index < -0.39 is 6.04 Å². The topological polar surface area (TPSA) is 88.9 Å². The second-order valence-corrected chi connectivity index (χ2v) is 11.7. The van der Waals surface area contributed by atoms with E-state index in [1.807, 2.05) is 41.9 Å². The number of aromatic nitrogens is 5. The molecular weight excluding hydrogens is 500 g/mol. The van der Waals surface area contributed by atoms with E-state index in [1.54, 1.807) is 0 Å². The Bertz CT molecular complexity index is 1480. The van der Waals surface area contributed by atoms with Crippen molar-refractivity contribution < 1.29 is 4.74 Å². The first kappa shape index (κ1) is 26.5. The third kappa shape index (κ3) is 5.53. The normalized spacial score (nSPS) is 17.0. The average molecular weight is 535 g/mol. The fourth-order valence-electron chi connectivity index (χ4n) is 5.38. The van der Waals surface area contributed by atoms with Crippen LogP contribution in [0.4, 0.5) is 0 Å². The number of H-pyrrole nitrogens is 1. The van der Waals surface area contributed by atoms with Crippen molar-refractivity contribution in [3.8, 4) is 0 Å². The van der Waals surface area contributed by atoms with Gasteiger partial charge in [0.1, 0.15) is 6.04 Å². The highest BCUT2D eigenvalue weighted by molar-refractivity contribution is 6.30. The van der Waals surface area contributed by atoms with Gasteiger partial charge < -0.3 is 9.72 Å². The predicted octanol–water partition coefficient (Wildman–Crippen LogP) is 5.31. The maximum absolute atomic E-state index is 13.8. The monoisotopic (exact) mass is 534 g/mol. The van der Waals surface area contributed by atoms with Gasteiger partial charge in [-0.1, -0.05) is 35.4 Å². The molecule has 3 heterocycles. The van der Waals surface area contributed by atoms with E-state index >= 15 is 0 Å². The van der Waals surface area contributed by atoms with E-state index in [0.29, 0.717) is 29.5 Å². The van der Waals surface area contributed by atoms with Crippen LogP contribution in [0.1, 0.15) is 67.7 Å².